The van der Waals surface area contributed by atoms with Crippen LogP contribution < -0.4 is 0 Å². The van der Waals surface area contributed by atoms with Gasteiger partial charge in [-0.25, -0.2) is 4.98 Å². The van der Waals surface area contributed by atoms with Crippen molar-refractivity contribution in [3.63, 3.8) is 0 Å². The largest absolute Gasteiger partial charge is 0.493 e. The van der Waals surface area contributed by atoms with Crippen molar-refractivity contribution in [1.82, 2.24) is 9.97 Å². The van der Waals surface area contributed by atoms with E-state index in [1.54, 1.807) is 0 Å². The molecule has 4 heteroatoms. The van der Waals surface area contributed by atoms with Crippen LogP contribution in [0, 0.1) is 0 Å². The Labute approximate surface area is 82.6 Å². The molecule has 13 heavy (non-hydrogen) atoms. The van der Waals surface area contributed by atoms with E-state index in [-0.39, 0.29) is 11.3 Å². The van der Waals surface area contributed by atoms with E-state index < -0.39 is 0 Å². The van der Waals surface area contributed by atoms with Crippen LogP contribution in [0.15, 0.2) is 5.16 Å². The highest BCUT2D eigenvalue weighted by Gasteiger charge is 2.34. The first-order valence-electron chi connectivity index (χ1n) is 4.30. The molecule has 1 aliphatic rings. The van der Waals surface area contributed by atoms with E-state index in [0.717, 1.165) is 24.1 Å². The van der Waals surface area contributed by atoms with Crippen LogP contribution in [0.3, 0.4) is 0 Å². The first-order valence-corrected chi connectivity index (χ1v) is 4.75. The van der Waals surface area contributed by atoms with Gasteiger partial charge in [0.15, 0.2) is 5.16 Å². The van der Waals surface area contributed by atoms with Gasteiger partial charge < -0.3 is 5.11 Å². The summed E-state index contributed by atoms with van der Waals surface area (Å²) in [5, 5.41) is 10.0. The van der Waals surface area contributed by atoms with Crippen LogP contribution in [0.4, 0.5) is 0 Å². The normalized spacial score (nSPS) is 18.7. The minimum absolute atomic E-state index is 0.000887. The van der Waals surface area contributed by atoms with Crippen molar-refractivity contribution in [3.8, 4) is 5.88 Å². The molecule has 0 saturated heterocycles. The Morgan fingerprint density at radius 1 is 1.38 bits per heavy atom. The zero-order chi connectivity index (χ0) is 9.64. The predicted molar refractivity (Wildman–Crippen MR) is 52.3 cm³/mol. The van der Waals surface area contributed by atoms with Gasteiger partial charge in [-0.2, -0.15) is 4.98 Å². The number of fused-ring (bicyclic) bond motifs is 1. The van der Waals surface area contributed by atoms with E-state index in [9.17, 15) is 5.11 Å². The molecule has 0 unspecified atom stereocenters. The standard InChI is InChI=1S/C9H12N2OS/c1-9(2)4-3-5-6(9)7(12)11-8(13)10-5/h3-4H2,1-2H3,(H2,10,11,12,13). The Morgan fingerprint density at radius 2 is 2.08 bits per heavy atom. The van der Waals surface area contributed by atoms with Crippen molar-refractivity contribution in [3.05, 3.63) is 11.3 Å². The minimum Gasteiger partial charge on any atom is -0.493 e. The molecule has 1 heterocycles. The second-order valence-corrected chi connectivity index (χ2v) is 4.45. The fraction of sp³-hybridized carbons (Fsp3) is 0.556. The summed E-state index contributed by atoms with van der Waals surface area (Å²) in [6, 6.07) is 0. The highest BCUT2D eigenvalue weighted by atomic mass is 32.1. The maximum Gasteiger partial charge on any atom is 0.218 e. The molecule has 0 radical (unpaired) electrons. The molecule has 0 bridgehead atoms. The lowest BCUT2D eigenvalue weighted by atomic mass is 9.88. The molecule has 0 amide bonds. The highest BCUT2D eigenvalue weighted by molar-refractivity contribution is 7.80. The molecule has 1 aliphatic carbocycles. The third kappa shape index (κ3) is 1.29. The number of rotatable bonds is 0. The monoisotopic (exact) mass is 196 g/mol. The quantitative estimate of drug-likeness (QED) is 0.490. The Hall–Kier alpha value is -0.770. The van der Waals surface area contributed by atoms with Crippen LogP contribution in [-0.2, 0) is 11.8 Å². The average Bonchev–Trinajstić information content (AvgIpc) is 2.26. The fourth-order valence-electron chi connectivity index (χ4n) is 1.91. The van der Waals surface area contributed by atoms with Crippen LogP contribution in [0.2, 0.25) is 0 Å². The van der Waals surface area contributed by atoms with Crippen LogP contribution in [0.5, 0.6) is 5.88 Å². The molecule has 0 atom stereocenters. The fourth-order valence-corrected chi connectivity index (χ4v) is 2.13. The van der Waals surface area contributed by atoms with Gasteiger partial charge in [-0.05, 0) is 18.3 Å². The molecular weight excluding hydrogens is 184 g/mol. The van der Waals surface area contributed by atoms with Crippen LogP contribution >= 0.6 is 12.6 Å². The van der Waals surface area contributed by atoms with E-state index in [2.05, 4.69) is 36.4 Å². The van der Waals surface area contributed by atoms with Crippen molar-refractivity contribution < 1.29 is 5.11 Å². The Bertz CT molecular complexity index is 363. The first-order chi connectivity index (χ1) is 6.00. The van der Waals surface area contributed by atoms with E-state index in [4.69, 9.17) is 0 Å². The number of nitrogens with zero attached hydrogens (tertiary/aromatic N) is 2. The van der Waals surface area contributed by atoms with Gasteiger partial charge >= 0.3 is 0 Å². The van der Waals surface area contributed by atoms with Gasteiger partial charge in [0.1, 0.15) is 0 Å². The lowest BCUT2D eigenvalue weighted by molar-refractivity contribution is 0.415. The van der Waals surface area contributed by atoms with E-state index in [1.807, 2.05) is 0 Å². The third-order valence-electron chi connectivity index (χ3n) is 2.62. The molecule has 0 saturated carbocycles. The third-order valence-corrected chi connectivity index (χ3v) is 2.82. The van der Waals surface area contributed by atoms with Gasteiger partial charge in [-0.15, -0.1) is 12.6 Å². The maximum absolute atomic E-state index is 9.65. The Balaban J connectivity index is 2.65. The molecule has 0 aliphatic heterocycles. The number of hydrogen-bond acceptors (Lipinski definition) is 4. The van der Waals surface area contributed by atoms with E-state index in [0.29, 0.717) is 5.16 Å². The predicted octanol–water partition coefficient (Wildman–Crippen LogP) is 1.69. The zero-order valence-corrected chi connectivity index (χ0v) is 8.60. The first kappa shape index (κ1) is 8.81. The summed E-state index contributed by atoms with van der Waals surface area (Å²) in [4.78, 5) is 8.05. The minimum atomic E-state index is 0.000887. The van der Waals surface area contributed by atoms with Crippen molar-refractivity contribution in [2.45, 2.75) is 37.3 Å². The van der Waals surface area contributed by atoms with Gasteiger partial charge in [0.05, 0.1) is 5.69 Å². The number of aryl methyl sites for hydroxylation is 1. The topological polar surface area (TPSA) is 46.0 Å². The molecule has 1 aromatic rings. The molecule has 0 aromatic carbocycles. The number of aromatic hydroxyl groups is 1. The highest BCUT2D eigenvalue weighted by Crippen LogP contribution is 2.41. The molecule has 3 nitrogen and oxygen atoms in total. The van der Waals surface area contributed by atoms with Gasteiger partial charge in [-0.3, -0.25) is 0 Å². The number of hydrogen-bond donors (Lipinski definition) is 2. The van der Waals surface area contributed by atoms with Crippen molar-refractivity contribution in [1.29, 1.82) is 0 Å². The van der Waals surface area contributed by atoms with Crippen molar-refractivity contribution in [2.24, 2.45) is 0 Å². The molecule has 1 aromatic heterocycles. The van der Waals surface area contributed by atoms with Crippen LogP contribution in [0.1, 0.15) is 31.5 Å². The maximum atomic E-state index is 9.65. The molecule has 0 fully saturated rings. The molecule has 1 N–H and O–H groups in total. The van der Waals surface area contributed by atoms with Gasteiger partial charge in [-0.1, -0.05) is 13.8 Å². The Kier molecular flexibility index (Phi) is 1.77. The van der Waals surface area contributed by atoms with Crippen LogP contribution in [-0.4, -0.2) is 15.1 Å². The lowest BCUT2D eigenvalue weighted by Crippen LogP contribution is -2.13. The summed E-state index contributed by atoms with van der Waals surface area (Å²) in [6.07, 6.45) is 1.92. The molecule has 2 rings (SSSR count). The molecular formula is C9H12N2OS. The summed E-state index contributed by atoms with van der Waals surface area (Å²) < 4.78 is 0. The van der Waals surface area contributed by atoms with Crippen LogP contribution in [0.25, 0.3) is 0 Å². The second kappa shape index (κ2) is 2.61. The summed E-state index contributed by atoms with van der Waals surface area (Å²) in [5.41, 5.74) is 1.84. The van der Waals surface area contributed by atoms with E-state index in [1.165, 1.54) is 0 Å². The molecule has 70 valence electrons. The zero-order valence-electron chi connectivity index (χ0n) is 7.70. The van der Waals surface area contributed by atoms with Crippen molar-refractivity contribution >= 4 is 12.6 Å². The van der Waals surface area contributed by atoms with Gasteiger partial charge in [0, 0.05) is 5.56 Å². The summed E-state index contributed by atoms with van der Waals surface area (Å²) >= 11 is 4.03. The van der Waals surface area contributed by atoms with Gasteiger partial charge in [0.2, 0.25) is 5.88 Å². The smallest absolute Gasteiger partial charge is 0.218 e. The van der Waals surface area contributed by atoms with Gasteiger partial charge in [0.25, 0.3) is 0 Å². The summed E-state index contributed by atoms with van der Waals surface area (Å²) in [5.74, 6) is 0.0949. The molecule has 0 spiro atoms. The Morgan fingerprint density at radius 3 is 2.77 bits per heavy atom. The number of aromatic nitrogens is 2. The van der Waals surface area contributed by atoms with E-state index >= 15 is 0 Å². The summed E-state index contributed by atoms with van der Waals surface area (Å²) in [6.45, 7) is 4.19. The number of thiol groups is 1. The lowest BCUT2D eigenvalue weighted by Gasteiger charge is -2.18. The second-order valence-electron chi connectivity index (χ2n) is 4.05. The average molecular weight is 196 g/mol. The summed E-state index contributed by atoms with van der Waals surface area (Å²) in [7, 11) is 0. The van der Waals surface area contributed by atoms with Crippen molar-refractivity contribution in [2.75, 3.05) is 0 Å². The SMILES string of the molecule is CC1(C)CCc2nc(S)nc(O)c21.